The van der Waals surface area contributed by atoms with E-state index in [4.69, 9.17) is 9.47 Å². The number of amides is 1. The highest BCUT2D eigenvalue weighted by Gasteiger charge is 2.16. The van der Waals surface area contributed by atoms with Crippen molar-refractivity contribution in [1.29, 1.82) is 0 Å². The Morgan fingerprint density at radius 3 is 2.43 bits per heavy atom. The minimum absolute atomic E-state index is 0.197. The molecule has 1 aromatic heterocycles. The zero-order chi connectivity index (χ0) is 19.9. The van der Waals surface area contributed by atoms with E-state index in [0.29, 0.717) is 23.7 Å². The second-order valence-corrected chi connectivity index (χ2v) is 6.69. The first-order valence-corrected chi connectivity index (χ1v) is 9.57. The van der Waals surface area contributed by atoms with Crippen molar-refractivity contribution in [3.05, 3.63) is 47.8 Å². The first-order valence-electron chi connectivity index (χ1n) is 9.57. The molecule has 1 fully saturated rings. The summed E-state index contributed by atoms with van der Waals surface area (Å²) in [6.07, 6.45) is 1.78. The number of pyridine rings is 1. The van der Waals surface area contributed by atoms with E-state index in [0.717, 1.165) is 44.0 Å². The maximum Gasteiger partial charge on any atom is 0.270 e. The molecule has 0 radical (unpaired) electrons. The smallest absolute Gasteiger partial charge is 0.270 e. The minimum Gasteiger partial charge on any atom is -0.493 e. The molecule has 2 aromatic rings. The van der Waals surface area contributed by atoms with Gasteiger partial charge in [-0.2, -0.15) is 0 Å². The maximum absolute atomic E-state index is 12.4. The van der Waals surface area contributed by atoms with Gasteiger partial charge in [-0.15, -0.1) is 0 Å². The third-order valence-corrected chi connectivity index (χ3v) is 5.07. The number of carbonyl (C=O) groups is 1. The van der Waals surface area contributed by atoms with E-state index in [1.165, 1.54) is 0 Å². The summed E-state index contributed by atoms with van der Waals surface area (Å²) in [4.78, 5) is 21.5. The van der Waals surface area contributed by atoms with Gasteiger partial charge in [0, 0.05) is 32.7 Å². The predicted octanol–water partition coefficient (Wildman–Crippen LogP) is 2.17. The lowest BCUT2D eigenvalue weighted by Crippen LogP contribution is -2.46. The van der Waals surface area contributed by atoms with Gasteiger partial charge in [-0.3, -0.25) is 4.79 Å². The molecule has 150 valence electrons. The quantitative estimate of drug-likeness (QED) is 0.789. The summed E-state index contributed by atoms with van der Waals surface area (Å²) in [5, 5.41) is 2.90. The molecule has 0 aliphatic carbocycles. The molecule has 1 aliphatic heterocycles. The Balaban J connectivity index is 1.56. The lowest BCUT2D eigenvalue weighted by atomic mass is 10.2. The fraction of sp³-hybridized carbons (Fsp3) is 0.429. The monoisotopic (exact) mass is 384 g/mol. The first-order chi connectivity index (χ1) is 13.6. The largest absolute Gasteiger partial charge is 0.493 e. The van der Waals surface area contributed by atoms with Gasteiger partial charge in [0.25, 0.3) is 5.91 Å². The number of rotatable bonds is 7. The number of hydrogen-bond donors (Lipinski definition) is 1. The Bertz CT molecular complexity index is 787. The van der Waals surface area contributed by atoms with Gasteiger partial charge in [-0.25, -0.2) is 4.98 Å². The number of anilines is 1. The van der Waals surface area contributed by atoms with Crippen LogP contribution in [0.3, 0.4) is 0 Å². The molecule has 0 atom stereocenters. The Morgan fingerprint density at radius 2 is 1.82 bits per heavy atom. The van der Waals surface area contributed by atoms with E-state index in [2.05, 4.69) is 27.0 Å². The van der Waals surface area contributed by atoms with Crippen molar-refractivity contribution >= 4 is 11.6 Å². The molecule has 1 amide bonds. The summed E-state index contributed by atoms with van der Waals surface area (Å²) in [7, 11) is 3.19. The number of benzene rings is 1. The molecule has 1 aliphatic rings. The van der Waals surface area contributed by atoms with Crippen LogP contribution in [0.2, 0.25) is 0 Å². The number of ether oxygens (including phenoxy) is 2. The van der Waals surface area contributed by atoms with Gasteiger partial charge in [0.15, 0.2) is 11.5 Å². The third kappa shape index (κ3) is 4.72. The Hall–Kier alpha value is -2.80. The molecular weight excluding hydrogens is 356 g/mol. The van der Waals surface area contributed by atoms with Crippen molar-refractivity contribution in [1.82, 2.24) is 15.2 Å². The summed E-state index contributed by atoms with van der Waals surface area (Å²) < 4.78 is 10.5. The molecule has 0 saturated carbocycles. The van der Waals surface area contributed by atoms with Crippen LogP contribution >= 0.6 is 0 Å². The Morgan fingerprint density at radius 1 is 1.07 bits per heavy atom. The van der Waals surface area contributed by atoms with Crippen LogP contribution in [-0.4, -0.2) is 62.7 Å². The van der Waals surface area contributed by atoms with E-state index in [1.807, 2.05) is 24.3 Å². The number of hydrogen-bond acceptors (Lipinski definition) is 6. The van der Waals surface area contributed by atoms with Crippen molar-refractivity contribution in [3.63, 3.8) is 0 Å². The Labute approximate surface area is 166 Å². The van der Waals surface area contributed by atoms with Crippen LogP contribution in [0, 0.1) is 0 Å². The van der Waals surface area contributed by atoms with Gasteiger partial charge in [0.2, 0.25) is 0 Å². The predicted molar refractivity (Wildman–Crippen MR) is 109 cm³/mol. The number of aromatic nitrogens is 1. The second kappa shape index (κ2) is 9.41. The van der Waals surface area contributed by atoms with Gasteiger partial charge in [-0.1, -0.05) is 13.0 Å². The van der Waals surface area contributed by atoms with E-state index in [-0.39, 0.29) is 5.91 Å². The summed E-state index contributed by atoms with van der Waals surface area (Å²) in [5.74, 6) is 1.10. The normalized spacial score (nSPS) is 14.6. The molecule has 1 N–H and O–H groups in total. The van der Waals surface area contributed by atoms with Gasteiger partial charge in [-0.05, 0) is 36.4 Å². The first kappa shape index (κ1) is 19.9. The molecule has 3 rings (SSSR count). The molecule has 1 aromatic carbocycles. The van der Waals surface area contributed by atoms with Gasteiger partial charge >= 0.3 is 0 Å². The van der Waals surface area contributed by atoms with Crippen LogP contribution in [0.5, 0.6) is 11.5 Å². The van der Waals surface area contributed by atoms with E-state index in [1.54, 1.807) is 26.5 Å². The summed E-state index contributed by atoms with van der Waals surface area (Å²) in [5.41, 5.74) is 2.40. The minimum atomic E-state index is -0.197. The average Bonchev–Trinajstić information content (AvgIpc) is 2.77. The highest BCUT2D eigenvalue weighted by atomic mass is 16.5. The number of likely N-dealkylation sites (N-methyl/N-ethyl adjacent to an activating group) is 1. The number of carbonyl (C=O) groups excluding carboxylic acids is 1. The van der Waals surface area contributed by atoms with Crippen molar-refractivity contribution < 1.29 is 14.3 Å². The standard InChI is InChI=1S/C21H28N4O3/c1-4-24-9-11-25(12-10-24)17-6-7-18(22-15-17)21(26)23-14-16-5-8-19(27-2)20(13-16)28-3/h5-8,13,15H,4,9-12,14H2,1-3H3,(H,23,26). The fourth-order valence-electron chi connectivity index (χ4n) is 3.29. The zero-order valence-corrected chi connectivity index (χ0v) is 16.8. The summed E-state index contributed by atoms with van der Waals surface area (Å²) in [6, 6.07) is 9.33. The van der Waals surface area contributed by atoms with Crippen LogP contribution in [0.25, 0.3) is 0 Å². The number of piperazine rings is 1. The number of nitrogens with one attached hydrogen (secondary N) is 1. The van der Waals surface area contributed by atoms with Crippen LogP contribution in [0.4, 0.5) is 5.69 Å². The highest BCUT2D eigenvalue weighted by molar-refractivity contribution is 5.92. The Kier molecular flexibility index (Phi) is 6.71. The molecule has 0 bridgehead atoms. The topological polar surface area (TPSA) is 66.9 Å². The fourth-order valence-corrected chi connectivity index (χ4v) is 3.29. The highest BCUT2D eigenvalue weighted by Crippen LogP contribution is 2.27. The molecule has 1 saturated heterocycles. The summed E-state index contributed by atoms with van der Waals surface area (Å²) >= 11 is 0. The van der Waals surface area contributed by atoms with Crippen molar-refractivity contribution in [2.24, 2.45) is 0 Å². The number of methoxy groups -OCH3 is 2. The zero-order valence-electron chi connectivity index (χ0n) is 16.8. The molecule has 2 heterocycles. The molecule has 7 heteroatoms. The van der Waals surface area contributed by atoms with E-state index in [9.17, 15) is 4.79 Å². The summed E-state index contributed by atoms with van der Waals surface area (Å²) in [6.45, 7) is 7.76. The van der Waals surface area contributed by atoms with Crippen LogP contribution in [0.15, 0.2) is 36.5 Å². The SMILES string of the molecule is CCN1CCN(c2ccc(C(=O)NCc3ccc(OC)c(OC)c3)nc2)CC1. The average molecular weight is 384 g/mol. The lowest BCUT2D eigenvalue weighted by molar-refractivity contribution is 0.0946. The van der Waals surface area contributed by atoms with Crippen molar-refractivity contribution in [3.8, 4) is 11.5 Å². The second-order valence-electron chi connectivity index (χ2n) is 6.69. The molecule has 28 heavy (non-hydrogen) atoms. The lowest BCUT2D eigenvalue weighted by Gasteiger charge is -2.35. The van der Waals surface area contributed by atoms with Crippen LogP contribution in [-0.2, 0) is 6.54 Å². The van der Waals surface area contributed by atoms with Crippen LogP contribution < -0.4 is 19.7 Å². The molecular formula is C21H28N4O3. The van der Waals surface area contributed by atoms with Crippen molar-refractivity contribution in [2.75, 3.05) is 51.8 Å². The maximum atomic E-state index is 12.4. The van der Waals surface area contributed by atoms with E-state index >= 15 is 0 Å². The van der Waals surface area contributed by atoms with Crippen molar-refractivity contribution in [2.45, 2.75) is 13.5 Å². The van der Waals surface area contributed by atoms with E-state index < -0.39 is 0 Å². The van der Waals surface area contributed by atoms with Gasteiger partial charge in [0.05, 0.1) is 26.1 Å². The molecule has 0 spiro atoms. The van der Waals surface area contributed by atoms with Crippen LogP contribution in [0.1, 0.15) is 23.0 Å². The molecule has 7 nitrogen and oxygen atoms in total. The third-order valence-electron chi connectivity index (χ3n) is 5.07. The number of nitrogens with zero attached hydrogens (tertiary/aromatic N) is 3. The molecule has 0 unspecified atom stereocenters. The van der Waals surface area contributed by atoms with Gasteiger partial charge < -0.3 is 24.6 Å². The van der Waals surface area contributed by atoms with Gasteiger partial charge in [0.1, 0.15) is 5.69 Å².